The van der Waals surface area contributed by atoms with Crippen LogP contribution in [0.1, 0.15) is 20.7 Å². The molecule has 2 aromatic heterocycles. The highest BCUT2D eigenvalue weighted by Gasteiger charge is 2.24. The van der Waals surface area contributed by atoms with Crippen molar-refractivity contribution in [1.82, 2.24) is 24.8 Å². The number of aromatic nitrogens is 4. The van der Waals surface area contributed by atoms with Crippen LogP contribution in [-0.4, -0.2) is 44.4 Å². The average molecular weight is 445 g/mol. The lowest BCUT2D eigenvalue weighted by Gasteiger charge is -2.18. The first-order chi connectivity index (χ1) is 16.0. The van der Waals surface area contributed by atoms with Gasteiger partial charge in [-0.3, -0.25) is 9.59 Å². The third kappa shape index (κ3) is 5.27. The Hall–Kier alpha value is -4.40. The van der Waals surface area contributed by atoms with Crippen LogP contribution in [0.4, 0.5) is 4.39 Å². The van der Waals surface area contributed by atoms with Crippen LogP contribution in [0.25, 0.3) is 11.4 Å². The highest BCUT2D eigenvalue weighted by Crippen LogP contribution is 2.16. The zero-order chi connectivity index (χ0) is 23.2. The molecule has 0 saturated heterocycles. The topological polar surface area (TPSA) is 99.0 Å². The minimum atomic E-state index is -0.858. The van der Waals surface area contributed by atoms with Crippen LogP contribution in [0.2, 0.25) is 0 Å². The second kappa shape index (κ2) is 9.82. The fraction of sp³-hybridized carbons (Fsp3) is 0.125. The second-order valence-electron chi connectivity index (χ2n) is 7.18. The highest BCUT2D eigenvalue weighted by molar-refractivity contribution is 6.04. The van der Waals surface area contributed by atoms with Crippen molar-refractivity contribution in [3.63, 3.8) is 0 Å². The summed E-state index contributed by atoms with van der Waals surface area (Å²) < 4.78 is 20.3. The minimum absolute atomic E-state index is 0.174. The Morgan fingerprint density at radius 1 is 1.09 bits per heavy atom. The number of methoxy groups -OCH3 is 1. The lowest BCUT2D eigenvalue weighted by Crippen LogP contribution is -2.43. The van der Waals surface area contributed by atoms with Crippen LogP contribution < -0.4 is 10.1 Å². The number of Topliss-reactive ketones (excluding diaryl/α,β-unsaturated/α-hetero) is 1. The number of imidazole rings is 1. The van der Waals surface area contributed by atoms with Crippen molar-refractivity contribution in [2.75, 3.05) is 7.11 Å². The van der Waals surface area contributed by atoms with Crippen molar-refractivity contribution in [3.05, 3.63) is 96.6 Å². The van der Waals surface area contributed by atoms with E-state index >= 15 is 0 Å². The summed E-state index contributed by atoms with van der Waals surface area (Å²) in [5.74, 6) is -0.269. The Morgan fingerprint density at radius 3 is 2.48 bits per heavy atom. The van der Waals surface area contributed by atoms with Crippen molar-refractivity contribution in [2.24, 2.45) is 0 Å². The van der Waals surface area contributed by atoms with Gasteiger partial charge in [-0.15, -0.1) is 0 Å². The van der Waals surface area contributed by atoms with Gasteiger partial charge < -0.3 is 14.6 Å². The summed E-state index contributed by atoms with van der Waals surface area (Å²) in [5, 5.41) is 2.76. The molecule has 0 radical (unpaired) electrons. The molecule has 9 heteroatoms. The van der Waals surface area contributed by atoms with E-state index in [2.05, 4.69) is 20.3 Å². The van der Waals surface area contributed by atoms with Gasteiger partial charge in [-0.2, -0.15) is 0 Å². The molecule has 0 saturated carbocycles. The fourth-order valence-corrected chi connectivity index (χ4v) is 3.22. The summed E-state index contributed by atoms with van der Waals surface area (Å²) in [7, 11) is 1.54. The molecule has 8 nitrogen and oxygen atoms in total. The summed E-state index contributed by atoms with van der Waals surface area (Å²) in [6, 6.07) is 11.7. The number of rotatable bonds is 8. The highest BCUT2D eigenvalue weighted by atomic mass is 19.1. The fourth-order valence-electron chi connectivity index (χ4n) is 3.22. The predicted molar refractivity (Wildman–Crippen MR) is 118 cm³/mol. The smallest absolute Gasteiger partial charge is 0.255 e. The summed E-state index contributed by atoms with van der Waals surface area (Å²) in [6.45, 7) is 0.193. The van der Waals surface area contributed by atoms with Gasteiger partial charge in [0.1, 0.15) is 17.6 Å². The number of halogens is 1. The normalized spacial score (nSPS) is 11.6. The molecule has 0 fully saturated rings. The van der Waals surface area contributed by atoms with Crippen LogP contribution >= 0.6 is 0 Å². The molecule has 0 spiro atoms. The zero-order valence-electron chi connectivity index (χ0n) is 17.7. The summed E-state index contributed by atoms with van der Waals surface area (Å²) in [6.07, 6.45) is 7.55. The van der Waals surface area contributed by atoms with E-state index in [-0.39, 0.29) is 23.7 Å². The van der Waals surface area contributed by atoms with Gasteiger partial charge in [0.05, 0.1) is 25.5 Å². The van der Waals surface area contributed by atoms with E-state index in [9.17, 15) is 14.0 Å². The van der Waals surface area contributed by atoms with E-state index in [1.165, 1.54) is 24.5 Å². The molecule has 33 heavy (non-hydrogen) atoms. The number of hydrogen-bond donors (Lipinski definition) is 1. The number of carbonyl (C=O) groups is 2. The molecule has 0 bridgehead atoms. The maximum Gasteiger partial charge on any atom is 0.255 e. The number of ketones is 1. The molecular formula is C24H20FN5O3. The van der Waals surface area contributed by atoms with E-state index in [0.29, 0.717) is 16.9 Å². The molecule has 4 rings (SSSR count). The minimum Gasteiger partial charge on any atom is -0.497 e. The maximum absolute atomic E-state index is 13.5. The molecule has 0 aliphatic carbocycles. The summed E-state index contributed by atoms with van der Waals surface area (Å²) in [5.41, 5.74) is 1.10. The first-order valence-electron chi connectivity index (χ1n) is 10.1. The molecule has 0 aliphatic rings. The molecule has 2 aromatic carbocycles. The van der Waals surface area contributed by atoms with Gasteiger partial charge >= 0.3 is 0 Å². The Bertz CT molecular complexity index is 1240. The molecule has 1 unspecified atom stereocenters. The predicted octanol–water partition coefficient (Wildman–Crippen LogP) is 3.17. The number of amides is 1. The number of benzene rings is 2. The summed E-state index contributed by atoms with van der Waals surface area (Å²) >= 11 is 0. The van der Waals surface area contributed by atoms with Gasteiger partial charge in [-0.05, 0) is 36.4 Å². The van der Waals surface area contributed by atoms with Crippen molar-refractivity contribution in [2.45, 2.75) is 12.6 Å². The van der Waals surface area contributed by atoms with Crippen molar-refractivity contribution in [3.8, 4) is 17.1 Å². The van der Waals surface area contributed by atoms with Gasteiger partial charge in [-0.25, -0.2) is 19.3 Å². The molecular weight excluding hydrogens is 425 g/mol. The first kappa shape index (κ1) is 21.8. The molecule has 1 amide bonds. The molecule has 1 atom stereocenters. The van der Waals surface area contributed by atoms with Crippen LogP contribution in [-0.2, 0) is 6.54 Å². The lowest BCUT2D eigenvalue weighted by molar-refractivity contribution is 0.0847. The van der Waals surface area contributed by atoms with Crippen LogP contribution in [0, 0.1) is 5.82 Å². The number of nitrogens with zero attached hydrogens (tertiary/aromatic N) is 4. The molecule has 2 heterocycles. The number of carbonyl (C=O) groups excluding carboxylic acids is 2. The Morgan fingerprint density at radius 2 is 1.85 bits per heavy atom. The standard InChI is InChI=1S/C24H20FN5O3/c1-33-20-7-5-16(6-8-20)22(31)21(14-30-10-9-26-15-30)29-24(32)18-12-27-23(28-13-18)17-3-2-4-19(25)11-17/h2-13,15,21H,14H2,1H3,(H,29,32). The van der Waals surface area contributed by atoms with Gasteiger partial charge in [-0.1, -0.05) is 12.1 Å². The van der Waals surface area contributed by atoms with Crippen LogP contribution in [0.5, 0.6) is 5.75 Å². The Kier molecular flexibility index (Phi) is 6.49. The van der Waals surface area contributed by atoms with E-state index in [1.807, 2.05) is 0 Å². The van der Waals surface area contributed by atoms with Crippen molar-refractivity contribution >= 4 is 11.7 Å². The summed E-state index contributed by atoms with van der Waals surface area (Å²) in [4.78, 5) is 38.3. The van der Waals surface area contributed by atoms with E-state index in [0.717, 1.165) is 0 Å². The average Bonchev–Trinajstić information content (AvgIpc) is 3.36. The number of ether oxygens (including phenoxy) is 1. The molecule has 166 valence electrons. The number of hydrogen-bond acceptors (Lipinski definition) is 6. The second-order valence-corrected chi connectivity index (χ2v) is 7.18. The van der Waals surface area contributed by atoms with Crippen molar-refractivity contribution in [1.29, 1.82) is 0 Å². The van der Waals surface area contributed by atoms with Crippen LogP contribution in [0.3, 0.4) is 0 Å². The zero-order valence-corrected chi connectivity index (χ0v) is 17.7. The Labute approximate surface area is 189 Å². The van der Waals surface area contributed by atoms with E-state index < -0.39 is 17.8 Å². The molecule has 0 aliphatic heterocycles. The quantitative estimate of drug-likeness (QED) is 0.418. The lowest BCUT2D eigenvalue weighted by atomic mass is 10.0. The third-order valence-corrected chi connectivity index (χ3v) is 4.95. The SMILES string of the molecule is COc1ccc(C(=O)C(Cn2ccnc2)NC(=O)c2cnc(-c3cccc(F)c3)nc2)cc1. The van der Waals surface area contributed by atoms with Crippen LogP contribution in [0.15, 0.2) is 79.6 Å². The largest absolute Gasteiger partial charge is 0.497 e. The van der Waals surface area contributed by atoms with E-state index in [4.69, 9.17) is 4.74 Å². The monoisotopic (exact) mass is 445 g/mol. The number of nitrogens with one attached hydrogen (secondary N) is 1. The van der Waals surface area contributed by atoms with Gasteiger partial charge in [0.25, 0.3) is 5.91 Å². The van der Waals surface area contributed by atoms with E-state index in [1.54, 1.807) is 66.8 Å². The Balaban J connectivity index is 1.53. The third-order valence-electron chi connectivity index (χ3n) is 4.95. The van der Waals surface area contributed by atoms with Crippen molar-refractivity contribution < 1.29 is 18.7 Å². The maximum atomic E-state index is 13.5. The first-order valence-corrected chi connectivity index (χ1v) is 10.1. The molecule has 4 aromatic rings. The molecule has 1 N–H and O–H groups in total. The van der Waals surface area contributed by atoms with Gasteiger partial charge in [0.15, 0.2) is 11.6 Å². The van der Waals surface area contributed by atoms with Gasteiger partial charge in [0, 0.05) is 35.9 Å². The van der Waals surface area contributed by atoms with Gasteiger partial charge in [0.2, 0.25) is 0 Å².